The number of hydrogen-bond donors (Lipinski definition) is 0. The number of hydrogen-bond acceptors (Lipinski definition) is 1. The molecule has 2 rings (SSSR count). The van der Waals surface area contributed by atoms with E-state index in [2.05, 4.69) is 0 Å². The number of ketones is 1. The molecule has 1 aromatic heterocycles. The highest BCUT2D eigenvalue weighted by Gasteiger charge is 2.12. The van der Waals surface area contributed by atoms with E-state index in [0.29, 0.717) is 5.02 Å². The van der Waals surface area contributed by atoms with Gasteiger partial charge in [-0.25, -0.2) is 0 Å². The maximum absolute atomic E-state index is 11.4. The summed E-state index contributed by atoms with van der Waals surface area (Å²) in [6.07, 6.45) is 0. The Hall–Kier alpha value is -1.28. The number of carbonyl (C=O) groups is 1. The summed E-state index contributed by atoms with van der Waals surface area (Å²) >= 11 is 6.08. The first-order chi connectivity index (χ1) is 7.15. The lowest BCUT2D eigenvalue weighted by molar-refractivity contribution is 0.100. The van der Waals surface area contributed by atoms with Crippen LogP contribution >= 0.6 is 11.6 Å². The largest absolute Gasteiger partial charge is 0.338 e. The van der Waals surface area contributed by atoms with E-state index in [0.717, 1.165) is 23.1 Å². The average molecular weight is 222 g/mol. The molecule has 0 aliphatic heterocycles. The van der Waals surface area contributed by atoms with Gasteiger partial charge in [-0.15, -0.1) is 0 Å². The van der Waals surface area contributed by atoms with E-state index in [1.165, 1.54) is 0 Å². The Morgan fingerprint density at radius 3 is 2.80 bits per heavy atom. The number of nitrogens with zero attached hydrogens (tertiary/aromatic N) is 1. The summed E-state index contributed by atoms with van der Waals surface area (Å²) in [4.78, 5) is 11.4. The molecule has 3 heteroatoms. The van der Waals surface area contributed by atoms with Gasteiger partial charge < -0.3 is 4.57 Å². The fraction of sp³-hybridized carbons (Fsp3) is 0.250. The highest BCUT2D eigenvalue weighted by Crippen LogP contribution is 2.27. The van der Waals surface area contributed by atoms with Crippen molar-refractivity contribution in [2.75, 3.05) is 0 Å². The molecular formula is C12H12ClNO. The van der Waals surface area contributed by atoms with Crippen molar-refractivity contribution in [1.82, 2.24) is 4.57 Å². The summed E-state index contributed by atoms with van der Waals surface area (Å²) in [5.74, 6) is 0.0733. The van der Waals surface area contributed by atoms with Gasteiger partial charge in [-0.3, -0.25) is 4.79 Å². The lowest BCUT2D eigenvalue weighted by Crippen LogP contribution is -2.04. The second-order valence-corrected chi connectivity index (χ2v) is 3.91. The Kier molecular flexibility index (Phi) is 2.53. The van der Waals surface area contributed by atoms with Crippen LogP contribution in [0, 0.1) is 0 Å². The number of aryl methyl sites for hydroxylation is 1. The van der Waals surface area contributed by atoms with Gasteiger partial charge in [-0.1, -0.05) is 17.7 Å². The molecule has 78 valence electrons. The number of benzene rings is 1. The molecule has 2 nitrogen and oxygen atoms in total. The van der Waals surface area contributed by atoms with Crippen molar-refractivity contribution in [2.24, 2.45) is 0 Å². The van der Waals surface area contributed by atoms with Gasteiger partial charge in [0, 0.05) is 23.9 Å². The molecule has 0 saturated carbocycles. The summed E-state index contributed by atoms with van der Waals surface area (Å²) in [7, 11) is 0. The zero-order valence-corrected chi connectivity index (χ0v) is 9.51. The molecule has 0 saturated heterocycles. The van der Waals surface area contributed by atoms with E-state index in [-0.39, 0.29) is 5.78 Å². The number of aromatic nitrogens is 1. The molecular weight excluding hydrogens is 210 g/mol. The molecule has 0 fully saturated rings. The van der Waals surface area contributed by atoms with Crippen LogP contribution < -0.4 is 0 Å². The van der Waals surface area contributed by atoms with Crippen LogP contribution in [0.25, 0.3) is 10.9 Å². The van der Waals surface area contributed by atoms with Crippen LogP contribution in [0.5, 0.6) is 0 Å². The maximum Gasteiger partial charge on any atom is 0.176 e. The summed E-state index contributed by atoms with van der Waals surface area (Å²) in [5.41, 5.74) is 1.75. The average Bonchev–Trinajstić information content (AvgIpc) is 2.57. The predicted molar refractivity (Wildman–Crippen MR) is 62.6 cm³/mol. The third-order valence-electron chi connectivity index (χ3n) is 2.57. The Morgan fingerprint density at radius 1 is 1.47 bits per heavy atom. The highest BCUT2D eigenvalue weighted by atomic mass is 35.5. The summed E-state index contributed by atoms with van der Waals surface area (Å²) < 4.78 is 1.99. The van der Waals surface area contributed by atoms with Crippen LogP contribution in [0.4, 0.5) is 0 Å². The van der Waals surface area contributed by atoms with Crippen LogP contribution in [-0.4, -0.2) is 10.4 Å². The minimum Gasteiger partial charge on any atom is -0.338 e. The standard InChI is InChI=1S/C12H12ClNO/c1-3-14-11-6-4-5-10(13)9(11)7-12(14)8(2)15/h4-7H,3H2,1-2H3. The molecule has 0 amide bonds. The fourth-order valence-corrected chi connectivity index (χ4v) is 2.10. The zero-order chi connectivity index (χ0) is 11.0. The number of Topliss-reactive ketones (excluding diaryl/α,β-unsaturated/α-hetero) is 1. The van der Waals surface area contributed by atoms with Crippen molar-refractivity contribution in [2.45, 2.75) is 20.4 Å². The van der Waals surface area contributed by atoms with Gasteiger partial charge in [0.15, 0.2) is 5.78 Å². The van der Waals surface area contributed by atoms with Gasteiger partial charge in [0.2, 0.25) is 0 Å². The van der Waals surface area contributed by atoms with Gasteiger partial charge in [0.1, 0.15) is 0 Å². The van der Waals surface area contributed by atoms with E-state index in [9.17, 15) is 4.79 Å². The molecule has 0 aliphatic carbocycles. The lowest BCUT2D eigenvalue weighted by atomic mass is 10.2. The maximum atomic E-state index is 11.4. The Balaban J connectivity index is 2.84. The molecule has 0 spiro atoms. The van der Waals surface area contributed by atoms with Crippen molar-refractivity contribution in [1.29, 1.82) is 0 Å². The second-order valence-electron chi connectivity index (χ2n) is 3.50. The minimum atomic E-state index is 0.0733. The summed E-state index contributed by atoms with van der Waals surface area (Å²) in [5, 5.41) is 1.65. The third-order valence-corrected chi connectivity index (χ3v) is 2.90. The normalized spacial score (nSPS) is 10.9. The monoisotopic (exact) mass is 221 g/mol. The van der Waals surface area contributed by atoms with Gasteiger partial charge in [-0.05, 0) is 25.1 Å². The molecule has 1 aromatic carbocycles. The molecule has 15 heavy (non-hydrogen) atoms. The fourth-order valence-electron chi connectivity index (χ4n) is 1.88. The van der Waals surface area contributed by atoms with Crippen LogP contribution in [-0.2, 0) is 6.54 Å². The van der Waals surface area contributed by atoms with Crippen molar-refractivity contribution < 1.29 is 4.79 Å². The lowest BCUT2D eigenvalue weighted by Gasteiger charge is -2.04. The second kappa shape index (κ2) is 3.70. The Morgan fingerprint density at radius 2 is 2.20 bits per heavy atom. The topological polar surface area (TPSA) is 22.0 Å². The van der Waals surface area contributed by atoms with E-state index in [1.807, 2.05) is 35.8 Å². The third kappa shape index (κ3) is 1.55. The number of halogens is 1. The van der Waals surface area contributed by atoms with Gasteiger partial charge >= 0.3 is 0 Å². The minimum absolute atomic E-state index is 0.0733. The summed E-state index contributed by atoms with van der Waals surface area (Å²) in [6.45, 7) is 4.37. The molecule has 0 N–H and O–H groups in total. The van der Waals surface area contributed by atoms with Gasteiger partial charge in [-0.2, -0.15) is 0 Å². The van der Waals surface area contributed by atoms with Crippen LogP contribution in [0.15, 0.2) is 24.3 Å². The van der Waals surface area contributed by atoms with Gasteiger partial charge in [0.25, 0.3) is 0 Å². The van der Waals surface area contributed by atoms with Crippen LogP contribution in [0.3, 0.4) is 0 Å². The van der Waals surface area contributed by atoms with E-state index < -0.39 is 0 Å². The number of rotatable bonds is 2. The first kappa shape index (κ1) is 10.2. The number of carbonyl (C=O) groups excluding carboxylic acids is 1. The molecule has 0 aliphatic rings. The van der Waals surface area contributed by atoms with Crippen molar-refractivity contribution in [3.05, 3.63) is 35.0 Å². The predicted octanol–water partition coefficient (Wildman–Crippen LogP) is 3.52. The SMILES string of the molecule is CCn1c(C(C)=O)cc2c(Cl)cccc21. The molecule has 0 bridgehead atoms. The molecule has 2 aromatic rings. The quantitative estimate of drug-likeness (QED) is 0.712. The highest BCUT2D eigenvalue weighted by molar-refractivity contribution is 6.35. The van der Waals surface area contributed by atoms with Crippen molar-refractivity contribution >= 4 is 28.3 Å². The van der Waals surface area contributed by atoms with E-state index >= 15 is 0 Å². The Bertz CT molecular complexity index is 528. The van der Waals surface area contributed by atoms with Crippen molar-refractivity contribution in [3.63, 3.8) is 0 Å². The van der Waals surface area contributed by atoms with Crippen LogP contribution in [0.1, 0.15) is 24.3 Å². The van der Waals surface area contributed by atoms with E-state index in [1.54, 1.807) is 6.92 Å². The van der Waals surface area contributed by atoms with Gasteiger partial charge in [0.05, 0.1) is 11.2 Å². The first-order valence-corrected chi connectivity index (χ1v) is 5.31. The molecule has 0 radical (unpaired) electrons. The van der Waals surface area contributed by atoms with Crippen LogP contribution in [0.2, 0.25) is 5.02 Å². The first-order valence-electron chi connectivity index (χ1n) is 4.94. The molecule has 0 unspecified atom stereocenters. The van der Waals surface area contributed by atoms with Crippen molar-refractivity contribution in [3.8, 4) is 0 Å². The summed E-state index contributed by atoms with van der Waals surface area (Å²) in [6, 6.07) is 7.59. The van der Waals surface area contributed by atoms with E-state index in [4.69, 9.17) is 11.6 Å². The Labute approximate surface area is 93.5 Å². The zero-order valence-electron chi connectivity index (χ0n) is 8.75. The smallest absolute Gasteiger partial charge is 0.176 e. The molecule has 0 atom stereocenters. The number of fused-ring (bicyclic) bond motifs is 1. The molecule has 1 heterocycles.